The Kier molecular flexibility index (Phi) is 2.60. The molecule has 0 saturated heterocycles. The van der Waals surface area contributed by atoms with Crippen LogP contribution in [0, 0.1) is 0 Å². The van der Waals surface area contributed by atoms with E-state index in [0.717, 1.165) is 5.56 Å². The van der Waals surface area contributed by atoms with E-state index < -0.39 is 11.1 Å². The summed E-state index contributed by atoms with van der Waals surface area (Å²) in [5.41, 5.74) is 1.42. The smallest absolute Gasteiger partial charge is 0.145 e. The average molecular weight is 210 g/mol. The van der Waals surface area contributed by atoms with Gasteiger partial charge in [0.1, 0.15) is 18.0 Å². The molecule has 1 atom stereocenters. The molecular formula is C9H8NO3S-. The lowest BCUT2D eigenvalue weighted by atomic mass is 10.2. The molecule has 0 amide bonds. The lowest BCUT2D eigenvalue weighted by molar-refractivity contribution is 0.377. The van der Waals surface area contributed by atoms with Crippen LogP contribution in [-0.4, -0.2) is 21.6 Å². The summed E-state index contributed by atoms with van der Waals surface area (Å²) in [6.07, 6.45) is 1.65. The maximum absolute atomic E-state index is 10.5. The molecule has 1 heterocycles. The Hall–Kier alpha value is -1.20. The van der Waals surface area contributed by atoms with Crippen LogP contribution in [-0.2, 0) is 16.8 Å². The van der Waals surface area contributed by atoms with Gasteiger partial charge in [-0.1, -0.05) is 17.1 Å². The van der Waals surface area contributed by atoms with E-state index in [2.05, 4.69) is 4.99 Å². The zero-order chi connectivity index (χ0) is 9.97. The van der Waals surface area contributed by atoms with Crippen LogP contribution in [0.3, 0.4) is 0 Å². The lowest BCUT2D eigenvalue weighted by Gasteiger charge is -2.13. The fourth-order valence-electron chi connectivity index (χ4n) is 1.27. The van der Waals surface area contributed by atoms with Gasteiger partial charge in [-0.25, -0.2) is 0 Å². The summed E-state index contributed by atoms with van der Waals surface area (Å²) in [7, 11) is 0. The predicted molar refractivity (Wildman–Crippen MR) is 52.7 cm³/mol. The van der Waals surface area contributed by atoms with E-state index in [1.807, 2.05) is 0 Å². The van der Waals surface area contributed by atoms with Gasteiger partial charge in [-0.05, 0) is 17.7 Å². The summed E-state index contributed by atoms with van der Waals surface area (Å²) in [5, 5.41) is 0. The molecule has 0 aromatic heterocycles. The number of hydrogen-bond donors (Lipinski definition) is 0. The van der Waals surface area contributed by atoms with Crippen molar-refractivity contribution in [2.24, 2.45) is 4.99 Å². The molecule has 1 unspecified atom stereocenters. The molecule has 0 bridgehead atoms. The van der Waals surface area contributed by atoms with Gasteiger partial charge < -0.3 is 9.29 Å². The Labute approximate surface area is 83.9 Å². The Bertz CT molecular complexity index is 403. The van der Waals surface area contributed by atoms with E-state index in [1.54, 1.807) is 24.4 Å². The number of fused-ring (bicyclic) bond motifs is 1. The van der Waals surface area contributed by atoms with Gasteiger partial charge in [0.15, 0.2) is 0 Å². The number of rotatable bonds is 2. The molecule has 0 aliphatic carbocycles. The van der Waals surface area contributed by atoms with E-state index in [1.165, 1.54) is 0 Å². The van der Waals surface area contributed by atoms with Crippen molar-refractivity contribution in [2.45, 2.75) is 5.75 Å². The average Bonchev–Trinajstić information content (AvgIpc) is 2.17. The quantitative estimate of drug-likeness (QED) is 0.688. The second-order valence-electron chi connectivity index (χ2n) is 2.87. The second kappa shape index (κ2) is 3.89. The van der Waals surface area contributed by atoms with Crippen molar-refractivity contribution in [3.8, 4) is 5.75 Å². The minimum absolute atomic E-state index is 0.0167. The maximum Gasteiger partial charge on any atom is 0.145 e. The van der Waals surface area contributed by atoms with E-state index >= 15 is 0 Å². The SMILES string of the molecule is O=S([O-])Cc1ccc2c(c1)N=CCO2. The van der Waals surface area contributed by atoms with Crippen LogP contribution in [0.15, 0.2) is 23.2 Å². The van der Waals surface area contributed by atoms with Crippen molar-refractivity contribution in [1.82, 2.24) is 0 Å². The van der Waals surface area contributed by atoms with Crippen molar-refractivity contribution >= 4 is 23.0 Å². The lowest BCUT2D eigenvalue weighted by Crippen LogP contribution is -2.03. The molecule has 0 fully saturated rings. The fraction of sp³-hybridized carbons (Fsp3) is 0.222. The van der Waals surface area contributed by atoms with Gasteiger partial charge in [-0.2, -0.15) is 0 Å². The van der Waals surface area contributed by atoms with Gasteiger partial charge in [-0.15, -0.1) is 0 Å². The van der Waals surface area contributed by atoms with E-state index in [-0.39, 0.29) is 5.75 Å². The topological polar surface area (TPSA) is 61.7 Å². The fourth-order valence-corrected chi connectivity index (χ4v) is 1.73. The highest BCUT2D eigenvalue weighted by Gasteiger charge is 2.06. The standard InChI is InChI=1S/C9H9NO3S/c11-14(12)6-7-1-2-9-8(5-7)10-3-4-13-9/h1-3,5H,4,6H2,(H,11,12)/p-1. The largest absolute Gasteiger partial charge is 0.772 e. The molecule has 5 heteroatoms. The Morgan fingerprint density at radius 3 is 3.21 bits per heavy atom. The molecule has 0 spiro atoms. The summed E-state index contributed by atoms with van der Waals surface area (Å²) in [6.45, 7) is 0.472. The third-order valence-corrected chi connectivity index (χ3v) is 2.42. The minimum atomic E-state index is -2.06. The zero-order valence-electron chi connectivity index (χ0n) is 7.30. The van der Waals surface area contributed by atoms with E-state index in [9.17, 15) is 8.76 Å². The molecule has 0 saturated carbocycles. The molecule has 1 aliphatic rings. The maximum atomic E-state index is 10.5. The normalized spacial score (nSPS) is 15.8. The van der Waals surface area contributed by atoms with Crippen LogP contribution in [0.25, 0.3) is 0 Å². The Balaban J connectivity index is 2.30. The van der Waals surface area contributed by atoms with Crippen molar-refractivity contribution < 1.29 is 13.5 Å². The summed E-state index contributed by atoms with van der Waals surface area (Å²) in [4.78, 5) is 4.11. The van der Waals surface area contributed by atoms with Gasteiger partial charge in [-0.3, -0.25) is 9.20 Å². The molecule has 4 nitrogen and oxygen atoms in total. The molecule has 1 aliphatic heterocycles. The van der Waals surface area contributed by atoms with Crippen LogP contribution in [0.1, 0.15) is 5.56 Å². The van der Waals surface area contributed by atoms with Crippen molar-refractivity contribution in [1.29, 1.82) is 0 Å². The van der Waals surface area contributed by atoms with Crippen molar-refractivity contribution in [3.63, 3.8) is 0 Å². The molecular weight excluding hydrogens is 202 g/mol. The minimum Gasteiger partial charge on any atom is -0.772 e. The van der Waals surface area contributed by atoms with Gasteiger partial charge in [0.05, 0.1) is 0 Å². The highest BCUT2D eigenvalue weighted by atomic mass is 32.2. The monoisotopic (exact) mass is 210 g/mol. The van der Waals surface area contributed by atoms with Crippen LogP contribution < -0.4 is 4.74 Å². The molecule has 2 rings (SSSR count). The van der Waals surface area contributed by atoms with Crippen LogP contribution >= 0.6 is 0 Å². The van der Waals surface area contributed by atoms with E-state index in [0.29, 0.717) is 18.0 Å². The van der Waals surface area contributed by atoms with Crippen molar-refractivity contribution in [2.75, 3.05) is 6.61 Å². The van der Waals surface area contributed by atoms with Gasteiger partial charge in [0.25, 0.3) is 0 Å². The molecule has 0 radical (unpaired) electrons. The van der Waals surface area contributed by atoms with Gasteiger partial charge >= 0.3 is 0 Å². The predicted octanol–water partition coefficient (Wildman–Crippen LogP) is 1.16. The summed E-state index contributed by atoms with van der Waals surface area (Å²) < 4.78 is 26.2. The zero-order valence-corrected chi connectivity index (χ0v) is 8.12. The second-order valence-corrected chi connectivity index (χ2v) is 3.77. The number of hydrogen-bond acceptors (Lipinski definition) is 4. The molecule has 1 aromatic rings. The summed E-state index contributed by atoms with van der Waals surface area (Å²) in [6, 6.07) is 5.20. The first-order valence-electron chi connectivity index (χ1n) is 4.10. The Morgan fingerprint density at radius 2 is 2.43 bits per heavy atom. The first kappa shape index (κ1) is 9.36. The number of ether oxygens (including phenoxy) is 1. The van der Waals surface area contributed by atoms with Crippen LogP contribution in [0.5, 0.6) is 5.75 Å². The van der Waals surface area contributed by atoms with Gasteiger partial charge in [0, 0.05) is 12.0 Å². The van der Waals surface area contributed by atoms with E-state index in [4.69, 9.17) is 4.74 Å². The first-order chi connectivity index (χ1) is 6.75. The first-order valence-corrected chi connectivity index (χ1v) is 5.34. The number of aliphatic imine (C=N–C) groups is 1. The molecule has 1 aromatic carbocycles. The summed E-state index contributed by atoms with van der Waals surface area (Å²) in [5.74, 6) is 0.718. The Morgan fingerprint density at radius 1 is 1.57 bits per heavy atom. The highest BCUT2D eigenvalue weighted by Crippen LogP contribution is 2.30. The highest BCUT2D eigenvalue weighted by molar-refractivity contribution is 7.78. The van der Waals surface area contributed by atoms with Crippen LogP contribution in [0.4, 0.5) is 5.69 Å². The third kappa shape index (κ3) is 2.00. The molecule has 74 valence electrons. The summed E-state index contributed by atoms with van der Waals surface area (Å²) >= 11 is -2.06. The van der Waals surface area contributed by atoms with Gasteiger partial charge in [0.2, 0.25) is 0 Å². The van der Waals surface area contributed by atoms with Crippen LogP contribution in [0.2, 0.25) is 0 Å². The third-order valence-electron chi connectivity index (χ3n) is 1.85. The van der Waals surface area contributed by atoms with Crippen molar-refractivity contribution in [3.05, 3.63) is 23.8 Å². The number of nitrogens with zero attached hydrogens (tertiary/aromatic N) is 1. The molecule has 14 heavy (non-hydrogen) atoms. The number of benzene rings is 1. The molecule has 0 N–H and O–H groups in total.